The maximum Gasteiger partial charge on any atom is 0.247 e. The smallest absolute Gasteiger partial charge is 0.247 e. The molecule has 1 aromatic heterocycles. The van der Waals surface area contributed by atoms with Gasteiger partial charge in [0.15, 0.2) is 0 Å². The van der Waals surface area contributed by atoms with Gasteiger partial charge in [-0.3, -0.25) is 4.79 Å². The van der Waals surface area contributed by atoms with Crippen molar-refractivity contribution in [1.82, 2.24) is 25.1 Å². The summed E-state index contributed by atoms with van der Waals surface area (Å²) in [4.78, 5) is 15.2. The molecule has 0 unspecified atom stereocenters. The molecular formula is C18H25N5O. The maximum absolute atomic E-state index is 13.2. The van der Waals surface area contributed by atoms with E-state index in [1.807, 2.05) is 42.2 Å². The van der Waals surface area contributed by atoms with Crippen LogP contribution in [0.1, 0.15) is 49.5 Å². The summed E-state index contributed by atoms with van der Waals surface area (Å²) >= 11 is 0. The second-order valence-corrected chi connectivity index (χ2v) is 6.47. The molecule has 1 atom stereocenters. The van der Waals surface area contributed by atoms with E-state index >= 15 is 0 Å². The summed E-state index contributed by atoms with van der Waals surface area (Å²) in [5.74, 6) is 0.812. The molecule has 0 N–H and O–H groups in total. The minimum Gasteiger partial charge on any atom is -0.341 e. The largest absolute Gasteiger partial charge is 0.341 e. The van der Waals surface area contributed by atoms with Gasteiger partial charge in [0.1, 0.15) is 11.9 Å². The highest BCUT2D eigenvalue weighted by atomic mass is 16.2. The Hall–Kier alpha value is -2.24. The molecule has 0 saturated carbocycles. The van der Waals surface area contributed by atoms with Gasteiger partial charge in [-0.05, 0) is 35.8 Å². The van der Waals surface area contributed by atoms with E-state index in [2.05, 4.69) is 15.5 Å². The molecule has 1 aromatic carbocycles. The molecule has 1 amide bonds. The first-order chi connectivity index (χ1) is 11.8. The fourth-order valence-electron chi connectivity index (χ4n) is 3.32. The van der Waals surface area contributed by atoms with E-state index in [0.29, 0.717) is 12.2 Å². The second-order valence-electron chi connectivity index (χ2n) is 6.47. The first kappa shape index (κ1) is 16.6. The molecule has 0 aliphatic carbocycles. The lowest BCUT2D eigenvalue weighted by Crippen LogP contribution is -2.40. The van der Waals surface area contributed by atoms with Crippen LogP contribution in [-0.2, 0) is 11.2 Å². The molecule has 1 aliphatic rings. The van der Waals surface area contributed by atoms with E-state index in [1.54, 1.807) is 4.68 Å². The van der Waals surface area contributed by atoms with Crippen LogP contribution in [-0.4, -0.2) is 44.1 Å². The van der Waals surface area contributed by atoms with Crippen LogP contribution in [0.15, 0.2) is 30.3 Å². The number of carbonyl (C=O) groups excluding carboxylic acids is 1. The van der Waals surface area contributed by atoms with Crippen molar-refractivity contribution in [3.8, 4) is 0 Å². The minimum absolute atomic E-state index is 0.135. The molecule has 0 spiro atoms. The lowest BCUT2D eigenvalue weighted by atomic mass is 10.0. The van der Waals surface area contributed by atoms with Gasteiger partial charge in [0, 0.05) is 19.5 Å². The molecule has 24 heavy (non-hydrogen) atoms. The van der Waals surface area contributed by atoms with E-state index < -0.39 is 0 Å². The lowest BCUT2D eigenvalue weighted by Gasteiger charge is -2.29. The van der Waals surface area contributed by atoms with Gasteiger partial charge < -0.3 is 4.90 Å². The van der Waals surface area contributed by atoms with Crippen molar-refractivity contribution < 1.29 is 4.79 Å². The zero-order valence-corrected chi connectivity index (χ0v) is 14.3. The van der Waals surface area contributed by atoms with E-state index in [4.69, 9.17) is 0 Å². The number of rotatable bonds is 4. The number of amides is 1. The Kier molecular flexibility index (Phi) is 5.56. The standard InChI is InChI=1S/C18H25N5O/c1-15-19-20-21-23(15)17(14-16-10-6-5-7-11-16)18(24)22-12-8-3-2-4-9-13-22/h5-7,10-11,17H,2-4,8-9,12-14H2,1H3/t17-/m1/s1. The summed E-state index contributed by atoms with van der Waals surface area (Å²) < 4.78 is 1.67. The van der Waals surface area contributed by atoms with E-state index in [9.17, 15) is 4.79 Å². The number of hydrogen-bond donors (Lipinski definition) is 0. The van der Waals surface area contributed by atoms with Crippen LogP contribution in [0.3, 0.4) is 0 Å². The van der Waals surface area contributed by atoms with Gasteiger partial charge in [-0.25, -0.2) is 4.68 Å². The third-order valence-electron chi connectivity index (χ3n) is 4.68. The summed E-state index contributed by atoms with van der Waals surface area (Å²) in [6.07, 6.45) is 6.47. The number of likely N-dealkylation sites (tertiary alicyclic amines) is 1. The Morgan fingerprint density at radius 3 is 2.38 bits per heavy atom. The van der Waals surface area contributed by atoms with Gasteiger partial charge in [0.25, 0.3) is 0 Å². The van der Waals surface area contributed by atoms with Crippen LogP contribution < -0.4 is 0 Å². The van der Waals surface area contributed by atoms with Crippen molar-refractivity contribution >= 4 is 5.91 Å². The predicted octanol–water partition coefficient (Wildman–Crippen LogP) is 2.56. The van der Waals surface area contributed by atoms with Gasteiger partial charge in [-0.15, -0.1) is 5.10 Å². The maximum atomic E-state index is 13.2. The fraction of sp³-hybridized carbons (Fsp3) is 0.556. The molecule has 0 bridgehead atoms. The monoisotopic (exact) mass is 327 g/mol. The molecule has 2 heterocycles. The zero-order chi connectivity index (χ0) is 16.8. The Bertz CT molecular complexity index is 646. The number of carbonyl (C=O) groups is 1. The number of aryl methyl sites for hydroxylation is 1. The quantitative estimate of drug-likeness (QED) is 0.866. The molecule has 6 heteroatoms. The fourth-order valence-corrected chi connectivity index (χ4v) is 3.32. The molecule has 0 radical (unpaired) electrons. The average Bonchev–Trinajstić information content (AvgIpc) is 2.99. The van der Waals surface area contributed by atoms with E-state index in [1.165, 1.54) is 19.3 Å². The zero-order valence-electron chi connectivity index (χ0n) is 14.3. The van der Waals surface area contributed by atoms with Crippen molar-refractivity contribution in [2.45, 2.75) is 51.5 Å². The predicted molar refractivity (Wildman–Crippen MR) is 91.4 cm³/mol. The second kappa shape index (κ2) is 8.04. The van der Waals surface area contributed by atoms with Crippen molar-refractivity contribution in [3.63, 3.8) is 0 Å². The number of tetrazole rings is 1. The number of benzene rings is 1. The summed E-state index contributed by atoms with van der Waals surface area (Å²) in [7, 11) is 0. The highest BCUT2D eigenvalue weighted by Gasteiger charge is 2.28. The SMILES string of the molecule is Cc1nnnn1[C@H](Cc1ccccc1)C(=O)N1CCCCCCC1. The normalized spacial score (nSPS) is 17.1. The lowest BCUT2D eigenvalue weighted by molar-refractivity contribution is -0.135. The molecule has 1 fully saturated rings. The van der Waals surface area contributed by atoms with Crippen LogP contribution in [0.5, 0.6) is 0 Å². The average molecular weight is 327 g/mol. The minimum atomic E-state index is -0.373. The topological polar surface area (TPSA) is 63.9 Å². The molecule has 2 aromatic rings. The van der Waals surface area contributed by atoms with E-state index in [0.717, 1.165) is 31.5 Å². The van der Waals surface area contributed by atoms with Crippen LogP contribution in [0.2, 0.25) is 0 Å². The highest BCUT2D eigenvalue weighted by Crippen LogP contribution is 2.20. The third kappa shape index (κ3) is 3.99. The summed E-state index contributed by atoms with van der Waals surface area (Å²) in [5.41, 5.74) is 1.12. The van der Waals surface area contributed by atoms with Crippen LogP contribution in [0, 0.1) is 6.92 Å². The van der Waals surface area contributed by atoms with Crippen LogP contribution in [0.4, 0.5) is 0 Å². The van der Waals surface area contributed by atoms with Crippen molar-refractivity contribution in [1.29, 1.82) is 0 Å². The van der Waals surface area contributed by atoms with Gasteiger partial charge in [0.2, 0.25) is 5.91 Å². The number of hydrogen-bond acceptors (Lipinski definition) is 4. The van der Waals surface area contributed by atoms with Crippen molar-refractivity contribution in [2.75, 3.05) is 13.1 Å². The Labute approximate surface area is 142 Å². The Balaban J connectivity index is 1.83. The van der Waals surface area contributed by atoms with Crippen molar-refractivity contribution in [2.24, 2.45) is 0 Å². The Morgan fingerprint density at radius 2 is 1.75 bits per heavy atom. The van der Waals surface area contributed by atoms with Crippen LogP contribution >= 0.6 is 0 Å². The summed E-state index contributed by atoms with van der Waals surface area (Å²) in [6.45, 7) is 3.52. The van der Waals surface area contributed by atoms with Crippen molar-refractivity contribution in [3.05, 3.63) is 41.7 Å². The molecular weight excluding hydrogens is 302 g/mol. The molecule has 6 nitrogen and oxygen atoms in total. The Morgan fingerprint density at radius 1 is 1.08 bits per heavy atom. The van der Waals surface area contributed by atoms with Crippen LogP contribution in [0.25, 0.3) is 0 Å². The third-order valence-corrected chi connectivity index (χ3v) is 4.68. The van der Waals surface area contributed by atoms with Gasteiger partial charge in [-0.1, -0.05) is 49.6 Å². The summed E-state index contributed by atoms with van der Waals surface area (Å²) in [6, 6.07) is 9.71. The highest BCUT2D eigenvalue weighted by molar-refractivity contribution is 5.80. The number of nitrogens with zero attached hydrogens (tertiary/aromatic N) is 5. The van der Waals surface area contributed by atoms with E-state index in [-0.39, 0.29) is 11.9 Å². The first-order valence-electron chi connectivity index (χ1n) is 8.83. The molecule has 3 rings (SSSR count). The number of aromatic nitrogens is 4. The molecule has 1 saturated heterocycles. The van der Waals surface area contributed by atoms with Gasteiger partial charge in [0.05, 0.1) is 0 Å². The van der Waals surface area contributed by atoms with Gasteiger partial charge in [-0.2, -0.15) is 0 Å². The summed E-state index contributed by atoms with van der Waals surface area (Å²) in [5, 5.41) is 11.8. The molecule has 128 valence electrons. The van der Waals surface area contributed by atoms with Gasteiger partial charge >= 0.3 is 0 Å². The molecule has 1 aliphatic heterocycles. The first-order valence-corrected chi connectivity index (χ1v) is 8.83.